The van der Waals surface area contributed by atoms with Crippen molar-refractivity contribution >= 4 is 5.65 Å². The van der Waals surface area contributed by atoms with E-state index in [0.717, 1.165) is 43.0 Å². The molecule has 3 heterocycles. The maximum absolute atomic E-state index is 13.8. The van der Waals surface area contributed by atoms with Crippen LogP contribution in [0, 0.1) is 6.92 Å². The first-order chi connectivity index (χ1) is 14.8. The van der Waals surface area contributed by atoms with E-state index in [2.05, 4.69) is 20.3 Å². The molecule has 2 saturated carbocycles. The van der Waals surface area contributed by atoms with Crippen molar-refractivity contribution in [1.82, 2.24) is 24.8 Å². The minimum atomic E-state index is -4.61. The summed E-state index contributed by atoms with van der Waals surface area (Å²) < 4.78 is 48.1. The lowest BCUT2D eigenvalue weighted by Gasteiger charge is -2.17. The van der Waals surface area contributed by atoms with Gasteiger partial charge in [0.05, 0.1) is 5.69 Å². The molecule has 7 nitrogen and oxygen atoms in total. The number of H-pyrrole nitrogens is 1. The molecule has 2 aliphatic rings. The fraction of sp³-hybridized carbons (Fsp3) is 0.619. The number of alkyl halides is 3. The summed E-state index contributed by atoms with van der Waals surface area (Å²) in [6.45, 7) is 1.60. The van der Waals surface area contributed by atoms with Gasteiger partial charge in [-0.15, -0.1) is 10.2 Å². The van der Waals surface area contributed by atoms with Gasteiger partial charge in [0.25, 0.3) is 11.4 Å². The van der Waals surface area contributed by atoms with Crippen LogP contribution >= 0.6 is 0 Å². The van der Waals surface area contributed by atoms with Gasteiger partial charge in [-0.25, -0.2) is 9.50 Å². The Balaban J connectivity index is 1.64. The normalized spacial score (nSPS) is 19.0. The molecule has 0 aliphatic heterocycles. The number of aromatic nitrogens is 5. The lowest BCUT2D eigenvalue weighted by molar-refractivity contribution is -0.142. The molecule has 1 N–H and O–H groups in total. The fourth-order valence-corrected chi connectivity index (χ4v) is 5.11. The zero-order valence-corrected chi connectivity index (χ0v) is 17.3. The zero-order valence-electron chi connectivity index (χ0n) is 17.3. The minimum absolute atomic E-state index is 0.00977. The number of aromatic amines is 1. The highest BCUT2D eigenvalue weighted by Crippen LogP contribution is 2.42. The second-order valence-electron chi connectivity index (χ2n) is 8.70. The molecule has 3 aromatic rings. The zero-order chi connectivity index (χ0) is 21.8. The van der Waals surface area contributed by atoms with E-state index >= 15 is 0 Å². The molecule has 3 aromatic heterocycles. The highest BCUT2D eigenvalue weighted by molar-refractivity contribution is 5.61. The first-order valence-corrected chi connectivity index (χ1v) is 10.9. The fourth-order valence-electron chi connectivity index (χ4n) is 5.11. The Labute approximate surface area is 176 Å². The average Bonchev–Trinajstić information content (AvgIpc) is 3.47. The lowest BCUT2D eigenvalue weighted by atomic mass is 9.89. The summed E-state index contributed by atoms with van der Waals surface area (Å²) in [6.07, 6.45) is 3.69. The van der Waals surface area contributed by atoms with Crippen molar-refractivity contribution in [2.75, 3.05) is 0 Å². The predicted molar refractivity (Wildman–Crippen MR) is 106 cm³/mol. The molecule has 5 rings (SSSR count). The van der Waals surface area contributed by atoms with Crippen LogP contribution in [-0.4, -0.2) is 24.8 Å². The summed E-state index contributed by atoms with van der Waals surface area (Å²) in [7, 11) is 0. The van der Waals surface area contributed by atoms with Crippen molar-refractivity contribution in [1.29, 1.82) is 0 Å². The minimum Gasteiger partial charge on any atom is -0.420 e. The predicted octanol–water partition coefficient (Wildman–Crippen LogP) is 5.11. The molecule has 31 heavy (non-hydrogen) atoms. The molecule has 0 amide bonds. The number of fused-ring (bicyclic) bond motifs is 1. The van der Waals surface area contributed by atoms with E-state index in [4.69, 9.17) is 4.42 Å². The molecule has 0 saturated heterocycles. The van der Waals surface area contributed by atoms with E-state index in [1.807, 2.05) is 0 Å². The van der Waals surface area contributed by atoms with Gasteiger partial charge in [0.15, 0.2) is 5.65 Å². The van der Waals surface area contributed by atoms with Crippen LogP contribution in [0.15, 0.2) is 9.21 Å². The second kappa shape index (κ2) is 7.49. The van der Waals surface area contributed by atoms with Gasteiger partial charge in [-0.1, -0.05) is 32.1 Å². The molecular weight excluding hydrogens is 411 g/mol. The molecule has 10 heteroatoms. The van der Waals surface area contributed by atoms with Crippen LogP contribution in [-0.2, 0) is 6.18 Å². The Hall–Kier alpha value is -2.65. The summed E-state index contributed by atoms with van der Waals surface area (Å²) in [5, 5.41) is 10.4. The van der Waals surface area contributed by atoms with Crippen LogP contribution in [0.4, 0.5) is 13.2 Å². The van der Waals surface area contributed by atoms with Crippen molar-refractivity contribution in [2.24, 2.45) is 0 Å². The van der Waals surface area contributed by atoms with E-state index in [-0.39, 0.29) is 40.2 Å². The maximum Gasteiger partial charge on any atom is 0.433 e. The third-order valence-electron chi connectivity index (χ3n) is 6.65. The van der Waals surface area contributed by atoms with Crippen LogP contribution in [0.3, 0.4) is 0 Å². The number of hydrogen-bond donors (Lipinski definition) is 1. The number of aryl methyl sites for hydroxylation is 1. The smallest absolute Gasteiger partial charge is 0.420 e. The standard InChI is InChI=1S/C21H24F3N5O2/c1-11-14(19-27-26-18(31-19)13-9-3-2-4-10-13)20(30)29-17(25-11)15(12-7-5-6-8-12)16(28-29)21(22,23)24/h12-13,28H,2-10H2,1H3. The summed E-state index contributed by atoms with van der Waals surface area (Å²) in [4.78, 5) is 17.7. The van der Waals surface area contributed by atoms with Gasteiger partial charge in [0.1, 0.15) is 11.3 Å². The third-order valence-corrected chi connectivity index (χ3v) is 6.65. The van der Waals surface area contributed by atoms with E-state index in [0.29, 0.717) is 18.7 Å². The van der Waals surface area contributed by atoms with Gasteiger partial charge in [-0.05, 0) is 38.5 Å². The van der Waals surface area contributed by atoms with Crippen LogP contribution in [0.2, 0.25) is 0 Å². The van der Waals surface area contributed by atoms with Crippen LogP contribution < -0.4 is 5.56 Å². The van der Waals surface area contributed by atoms with E-state index < -0.39 is 17.4 Å². The van der Waals surface area contributed by atoms with Gasteiger partial charge in [-0.3, -0.25) is 9.89 Å². The third kappa shape index (κ3) is 3.45. The Morgan fingerprint density at radius 2 is 1.65 bits per heavy atom. The van der Waals surface area contributed by atoms with Crippen molar-refractivity contribution < 1.29 is 17.6 Å². The molecule has 0 atom stereocenters. The largest absolute Gasteiger partial charge is 0.433 e. The molecule has 0 unspecified atom stereocenters. The summed E-state index contributed by atoms with van der Waals surface area (Å²) >= 11 is 0. The van der Waals surface area contributed by atoms with Crippen molar-refractivity contribution in [2.45, 2.75) is 82.7 Å². The first kappa shape index (κ1) is 20.3. The maximum atomic E-state index is 13.8. The molecule has 0 bridgehead atoms. The van der Waals surface area contributed by atoms with Crippen molar-refractivity contribution in [3.05, 3.63) is 33.2 Å². The molecule has 2 aliphatic carbocycles. The Morgan fingerprint density at radius 1 is 1.00 bits per heavy atom. The highest BCUT2D eigenvalue weighted by Gasteiger charge is 2.41. The molecular formula is C21H24F3N5O2. The van der Waals surface area contributed by atoms with Crippen LogP contribution in [0.25, 0.3) is 17.1 Å². The van der Waals surface area contributed by atoms with Crippen LogP contribution in [0.1, 0.15) is 92.5 Å². The van der Waals surface area contributed by atoms with E-state index in [1.165, 1.54) is 6.42 Å². The highest BCUT2D eigenvalue weighted by atomic mass is 19.4. The molecule has 0 spiro atoms. The van der Waals surface area contributed by atoms with Gasteiger partial charge < -0.3 is 4.42 Å². The van der Waals surface area contributed by atoms with Gasteiger partial charge in [0.2, 0.25) is 5.89 Å². The monoisotopic (exact) mass is 435 g/mol. The number of rotatable bonds is 3. The van der Waals surface area contributed by atoms with E-state index in [1.54, 1.807) is 6.92 Å². The average molecular weight is 435 g/mol. The van der Waals surface area contributed by atoms with Gasteiger partial charge in [0, 0.05) is 11.5 Å². The summed E-state index contributed by atoms with van der Waals surface area (Å²) in [5.41, 5.74) is -1.09. The summed E-state index contributed by atoms with van der Waals surface area (Å²) in [5.74, 6) is 0.380. The Kier molecular flexibility index (Phi) is 4.90. The molecule has 2 fully saturated rings. The summed E-state index contributed by atoms with van der Waals surface area (Å²) in [6, 6.07) is 0. The number of halogens is 3. The van der Waals surface area contributed by atoms with Gasteiger partial charge >= 0.3 is 6.18 Å². The van der Waals surface area contributed by atoms with Crippen molar-refractivity contribution in [3.63, 3.8) is 0 Å². The second-order valence-corrected chi connectivity index (χ2v) is 8.70. The number of nitrogens with zero attached hydrogens (tertiary/aromatic N) is 4. The van der Waals surface area contributed by atoms with Gasteiger partial charge in [-0.2, -0.15) is 13.2 Å². The Bertz CT molecular complexity index is 1160. The quantitative estimate of drug-likeness (QED) is 0.618. The number of hydrogen-bond acceptors (Lipinski definition) is 5. The lowest BCUT2D eigenvalue weighted by Crippen LogP contribution is -2.20. The molecule has 0 aromatic carbocycles. The first-order valence-electron chi connectivity index (χ1n) is 10.9. The van der Waals surface area contributed by atoms with E-state index in [9.17, 15) is 18.0 Å². The molecule has 166 valence electrons. The van der Waals surface area contributed by atoms with Crippen molar-refractivity contribution in [3.8, 4) is 11.5 Å². The SMILES string of the molecule is Cc1nc2c(C3CCCC3)c(C(F)(F)F)[nH]n2c(=O)c1-c1nnc(C2CCCCC2)o1. The topological polar surface area (TPSA) is 89.1 Å². The number of nitrogens with one attached hydrogen (secondary N) is 1. The van der Waals surface area contributed by atoms with Crippen LogP contribution in [0.5, 0.6) is 0 Å². The molecule has 0 radical (unpaired) electrons. The Morgan fingerprint density at radius 3 is 2.32 bits per heavy atom.